The highest BCUT2D eigenvalue weighted by Crippen LogP contribution is 2.27. The van der Waals surface area contributed by atoms with E-state index in [1.54, 1.807) is 0 Å². The molecule has 0 radical (unpaired) electrons. The van der Waals surface area contributed by atoms with Gasteiger partial charge in [0.05, 0.1) is 12.7 Å². The van der Waals surface area contributed by atoms with Crippen LogP contribution in [0.2, 0.25) is 0 Å². The number of hydrogen-bond donors (Lipinski definition) is 0. The summed E-state index contributed by atoms with van der Waals surface area (Å²) in [6.07, 6.45) is 6.24. The number of rotatable bonds is 5. The standard InChI is InChI=1S/C20H26N6/c1-16-19(11-22-24(16)2)14-25-10-6-9-18(13-25)20-23-21-15-26(20)12-17-7-4-3-5-8-17/h3-5,7-8,11,15,18H,6,9-10,12-14H2,1-2H3. The van der Waals surface area contributed by atoms with Gasteiger partial charge in [-0.3, -0.25) is 9.58 Å². The van der Waals surface area contributed by atoms with Crippen molar-refractivity contribution >= 4 is 0 Å². The number of nitrogens with zero attached hydrogens (tertiary/aromatic N) is 6. The molecule has 3 heterocycles. The second kappa shape index (κ2) is 7.41. The van der Waals surface area contributed by atoms with Crippen molar-refractivity contribution in [2.24, 2.45) is 7.05 Å². The normalized spacial score (nSPS) is 18.3. The minimum Gasteiger partial charge on any atom is -0.313 e. The molecule has 1 aliphatic heterocycles. The lowest BCUT2D eigenvalue weighted by molar-refractivity contribution is 0.194. The van der Waals surface area contributed by atoms with Gasteiger partial charge in [0.15, 0.2) is 0 Å². The summed E-state index contributed by atoms with van der Waals surface area (Å²) in [7, 11) is 2.00. The van der Waals surface area contributed by atoms with E-state index in [1.165, 1.54) is 29.7 Å². The molecule has 0 spiro atoms. The average molecular weight is 350 g/mol. The lowest BCUT2D eigenvalue weighted by atomic mass is 9.96. The van der Waals surface area contributed by atoms with Gasteiger partial charge in [-0.1, -0.05) is 30.3 Å². The first kappa shape index (κ1) is 17.0. The van der Waals surface area contributed by atoms with E-state index in [2.05, 4.69) is 62.0 Å². The van der Waals surface area contributed by atoms with Crippen LogP contribution in [0.5, 0.6) is 0 Å². The monoisotopic (exact) mass is 350 g/mol. The summed E-state index contributed by atoms with van der Waals surface area (Å²) < 4.78 is 4.16. The van der Waals surface area contributed by atoms with Gasteiger partial charge in [0.2, 0.25) is 0 Å². The highest BCUT2D eigenvalue weighted by molar-refractivity contribution is 5.17. The molecule has 0 saturated carbocycles. The fraction of sp³-hybridized carbons (Fsp3) is 0.450. The van der Waals surface area contributed by atoms with E-state index in [9.17, 15) is 0 Å². The van der Waals surface area contributed by atoms with E-state index in [0.717, 1.165) is 32.0 Å². The van der Waals surface area contributed by atoms with Crippen LogP contribution in [0.4, 0.5) is 0 Å². The summed E-state index contributed by atoms with van der Waals surface area (Å²) >= 11 is 0. The third-order valence-electron chi connectivity index (χ3n) is 5.44. The third-order valence-corrected chi connectivity index (χ3v) is 5.44. The Balaban J connectivity index is 1.47. The van der Waals surface area contributed by atoms with Crippen LogP contribution in [0.15, 0.2) is 42.9 Å². The summed E-state index contributed by atoms with van der Waals surface area (Å²) in [6, 6.07) is 10.5. The third kappa shape index (κ3) is 3.55. The maximum absolute atomic E-state index is 4.47. The number of hydrogen-bond acceptors (Lipinski definition) is 4. The Bertz CT molecular complexity index is 850. The van der Waals surface area contributed by atoms with E-state index in [1.807, 2.05) is 24.3 Å². The van der Waals surface area contributed by atoms with E-state index in [-0.39, 0.29) is 0 Å². The summed E-state index contributed by atoms with van der Waals surface area (Å²) in [4.78, 5) is 2.53. The van der Waals surface area contributed by atoms with Crippen molar-refractivity contribution in [1.82, 2.24) is 29.4 Å². The molecular formula is C20H26N6. The van der Waals surface area contributed by atoms with Crippen molar-refractivity contribution in [1.29, 1.82) is 0 Å². The van der Waals surface area contributed by atoms with Gasteiger partial charge in [-0.25, -0.2) is 0 Å². The van der Waals surface area contributed by atoms with Crippen molar-refractivity contribution in [3.63, 3.8) is 0 Å². The lowest BCUT2D eigenvalue weighted by Crippen LogP contribution is -2.35. The molecule has 6 nitrogen and oxygen atoms in total. The van der Waals surface area contributed by atoms with E-state index < -0.39 is 0 Å². The Morgan fingerprint density at radius 3 is 2.77 bits per heavy atom. The quantitative estimate of drug-likeness (QED) is 0.710. The largest absolute Gasteiger partial charge is 0.313 e. The van der Waals surface area contributed by atoms with Gasteiger partial charge in [-0.15, -0.1) is 10.2 Å². The molecule has 1 aliphatic rings. The highest BCUT2D eigenvalue weighted by atomic mass is 15.3. The first-order chi connectivity index (χ1) is 12.7. The van der Waals surface area contributed by atoms with Gasteiger partial charge in [0.25, 0.3) is 0 Å². The smallest absolute Gasteiger partial charge is 0.137 e. The maximum Gasteiger partial charge on any atom is 0.137 e. The fourth-order valence-corrected chi connectivity index (χ4v) is 3.83. The lowest BCUT2D eigenvalue weighted by Gasteiger charge is -2.32. The molecule has 0 N–H and O–H groups in total. The van der Waals surface area contributed by atoms with Crippen LogP contribution in [-0.2, 0) is 20.1 Å². The molecule has 26 heavy (non-hydrogen) atoms. The van der Waals surface area contributed by atoms with Crippen molar-refractivity contribution < 1.29 is 0 Å². The molecular weight excluding hydrogens is 324 g/mol. The Hall–Kier alpha value is -2.47. The summed E-state index contributed by atoms with van der Waals surface area (Å²) in [5.41, 5.74) is 3.85. The van der Waals surface area contributed by atoms with Crippen LogP contribution >= 0.6 is 0 Å². The Kier molecular flexibility index (Phi) is 4.84. The molecule has 0 bridgehead atoms. The Labute approximate surface area is 154 Å². The van der Waals surface area contributed by atoms with Crippen LogP contribution in [0, 0.1) is 6.92 Å². The predicted octanol–water partition coefficient (Wildman–Crippen LogP) is 2.75. The van der Waals surface area contributed by atoms with Gasteiger partial charge in [0, 0.05) is 37.3 Å². The van der Waals surface area contributed by atoms with Gasteiger partial charge in [-0.2, -0.15) is 5.10 Å². The van der Waals surface area contributed by atoms with Gasteiger partial charge in [0.1, 0.15) is 12.2 Å². The van der Waals surface area contributed by atoms with Gasteiger partial charge in [-0.05, 0) is 31.9 Å². The Morgan fingerprint density at radius 1 is 1.15 bits per heavy atom. The summed E-state index contributed by atoms with van der Waals surface area (Å²) in [6.45, 7) is 6.10. The highest BCUT2D eigenvalue weighted by Gasteiger charge is 2.26. The first-order valence-corrected chi connectivity index (χ1v) is 9.32. The van der Waals surface area contributed by atoms with Gasteiger partial charge < -0.3 is 4.57 Å². The molecule has 6 heteroatoms. The number of benzene rings is 1. The van der Waals surface area contributed by atoms with Gasteiger partial charge >= 0.3 is 0 Å². The molecule has 0 amide bonds. The van der Waals surface area contributed by atoms with Crippen molar-refractivity contribution in [3.8, 4) is 0 Å². The minimum atomic E-state index is 0.437. The summed E-state index contributed by atoms with van der Waals surface area (Å²) in [5.74, 6) is 1.55. The first-order valence-electron chi connectivity index (χ1n) is 9.32. The predicted molar refractivity (Wildman–Crippen MR) is 101 cm³/mol. The van der Waals surface area contributed by atoms with Crippen molar-refractivity contribution in [3.05, 3.63) is 65.5 Å². The van der Waals surface area contributed by atoms with Crippen LogP contribution < -0.4 is 0 Å². The zero-order valence-electron chi connectivity index (χ0n) is 15.5. The molecule has 136 valence electrons. The molecule has 0 aliphatic carbocycles. The van der Waals surface area contributed by atoms with Crippen LogP contribution in [-0.4, -0.2) is 42.5 Å². The number of piperidine rings is 1. The molecule has 1 atom stereocenters. The molecule has 1 saturated heterocycles. The second-order valence-electron chi connectivity index (χ2n) is 7.26. The minimum absolute atomic E-state index is 0.437. The number of likely N-dealkylation sites (tertiary alicyclic amines) is 1. The average Bonchev–Trinajstić information content (AvgIpc) is 3.25. The molecule has 1 fully saturated rings. The van der Waals surface area contributed by atoms with Crippen LogP contribution in [0.3, 0.4) is 0 Å². The molecule has 1 aromatic carbocycles. The van der Waals surface area contributed by atoms with Crippen molar-refractivity contribution in [2.75, 3.05) is 13.1 Å². The van der Waals surface area contributed by atoms with Crippen LogP contribution in [0.1, 0.15) is 41.4 Å². The topological polar surface area (TPSA) is 51.8 Å². The maximum atomic E-state index is 4.47. The number of aromatic nitrogens is 5. The van der Waals surface area contributed by atoms with Crippen molar-refractivity contribution in [2.45, 2.75) is 38.8 Å². The van der Waals surface area contributed by atoms with E-state index >= 15 is 0 Å². The molecule has 3 aromatic rings. The summed E-state index contributed by atoms with van der Waals surface area (Å²) in [5, 5.41) is 13.0. The van der Waals surface area contributed by atoms with Crippen LogP contribution in [0.25, 0.3) is 0 Å². The molecule has 4 rings (SSSR count). The Morgan fingerprint density at radius 2 is 2.00 bits per heavy atom. The van der Waals surface area contributed by atoms with E-state index in [0.29, 0.717) is 5.92 Å². The van der Waals surface area contributed by atoms with E-state index in [4.69, 9.17) is 0 Å². The zero-order chi connectivity index (χ0) is 17.9. The molecule has 1 unspecified atom stereocenters. The fourth-order valence-electron chi connectivity index (χ4n) is 3.83. The molecule has 2 aromatic heterocycles. The number of aryl methyl sites for hydroxylation is 1. The second-order valence-corrected chi connectivity index (χ2v) is 7.26. The SMILES string of the molecule is Cc1c(CN2CCCC(c3nncn3Cc3ccccc3)C2)cnn1C. The zero-order valence-corrected chi connectivity index (χ0v) is 15.5.